The summed E-state index contributed by atoms with van der Waals surface area (Å²) in [7, 11) is 0. The molecule has 2 rings (SSSR count). The molecule has 0 saturated heterocycles. The molecule has 0 saturated carbocycles. The fourth-order valence-electron chi connectivity index (χ4n) is 2.65. The summed E-state index contributed by atoms with van der Waals surface area (Å²) in [6, 6.07) is 13.0. The molecule has 0 fully saturated rings. The molecule has 0 aliphatic rings. The lowest BCUT2D eigenvalue weighted by atomic mass is 9.87. The fourth-order valence-corrected chi connectivity index (χ4v) is 2.65. The van der Waals surface area contributed by atoms with Gasteiger partial charge in [-0.15, -0.1) is 0 Å². The van der Waals surface area contributed by atoms with Crippen LogP contribution in [0.25, 0.3) is 0 Å². The van der Waals surface area contributed by atoms with Crippen LogP contribution in [0.5, 0.6) is 5.75 Å². The smallest absolute Gasteiger partial charge is 0.115 e. The number of hydrogen-bond acceptors (Lipinski definition) is 3. The predicted molar refractivity (Wildman–Crippen MR) is 107 cm³/mol. The van der Waals surface area contributed by atoms with Gasteiger partial charge >= 0.3 is 0 Å². The number of phenols is 1. The van der Waals surface area contributed by atoms with Crippen molar-refractivity contribution in [3.8, 4) is 5.75 Å². The predicted octanol–water partition coefficient (Wildman–Crippen LogP) is 5.53. The van der Waals surface area contributed by atoms with E-state index < -0.39 is 0 Å². The van der Waals surface area contributed by atoms with Crippen molar-refractivity contribution < 1.29 is 9.84 Å². The number of phenolic OH excluding ortho intramolecular Hbond substituents is 1. The van der Waals surface area contributed by atoms with Crippen LogP contribution in [0.3, 0.4) is 0 Å². The lowest BCUT2D eigenvalue weighted by Gasteiger charge is -2.18. The Labute approximate surface area is 155 Å². The van der Waals surface area contributed by atoms with Crippen LogP contribution < -0.4 is 0 Å². The monoisotopic (exact) mass is 347 g/mol. The van der Waals surface area contributed by atoms with Crippen molar-refractivity contribution in [2.75, 3.05) is 6.61 Å². The van der Waals surface area contributed by atoms with Gasteiger partial charge in [0.2, 0.25) is 0 Å². The van der Waals surface area contributed by atoms with Crippen molar-refractivity contribution in [1.82, 2.24) is 4.98 Å². The van der Waals surface area contributed by atoms with Gasteiger partial charge in [0.25, 0.3) is 0 Å². The fraction of sp³-hybridized carbons (Fsp3) is 0.174. The van der Waals surface area contributed by atoms with Gasteiger partial charge in [-0.05, 0) is 41.5 Å². The molecule has 1 heterocycles. The molecule has 1 aromatic heterocycles. The van der Waals surface area contributed by atoms with E-state index in [1.807, 2.05) is 55.5 Å². The molecular weight excluding hydrogens is 322 g/mol. The first-order valence-corrected chi connectivity index (χ1v) is 8.66. The second-order valence-corrected chi connectivity index (χ2v) is 5.74. The summed E-state index contributed by atoms with van der Waals surface area (Å²) in [6.45, 7) is 10.2. The van der Waals surface area contributed by atoms with Gasteiger partial charge in [-0.25, -0.2) is 0 Å². The van der Waals surface area contributed by atoms with E-state index in [0.717, 1.165) is 29.0 Å². The molecule has 0 aliphatic carbocycles. The molecule has 0 bridgehead atoms. The minimum Gasteiger partial charge on any atom is -0.508 e. The van der Waals surface area contributed by atoms with Gasteiger partial charge in [0.1, 0.15) is 12.4 Å². The Balaban J connectivity index is 2.46. The summed E-state index contributed by atoms with van der Waals surface area (Å²) in [5.74, 6) is 1.04. The van der Waals surface area contributed by atoms with E-state index in [2.05, 4.69) is 18.1 Å². The van der Waals surface area contributed by atoms with Gasteiger partial charge in [-0.3, -0.25) is 4.98 Å². The third kappa shape index (κ3) is 5.21. The first kappa shape index (κ1) is 19.3. The van der Waals surface area contributed by atoms with Crippen molar-refractivity contribution in [2.24, 2.45) is 0 Å². The topological polar surface area (TPSA) is 42.4 Å². The maximum atomic E-state index is 9.61. The zero-order chi connectivity index (χ0) is 18.8. The summed E-state index contributed by atoms with van der Waals surface area (Å²) >= 11 is 0. The molecule has 0 radical (unpaired) electrons. The van der Waals surface area contributed by atoms with Crippen LogP contribution in [0.15, 0.2) is 97.5 Å². The quantitative estimate of drug-likeness (QED) is 0.368. The van der Waals surface area contributed by atoms with Crippen LogP contribution in [-0.2, 0) is 4.74 Å². The molecule has 2 aromatic rings. The summed E-state index contributed by atoms with van der Waals surface area (Å²) in [5, 5.41) is 9.61. The number of pyridine rings is 1. The number of hydrogen-bond donors (Lipinski definition) is 1. The molecule has 1 aromatic carbocycles. The van der Waals surface area contributed by atoms with Crippen LogP contribution in [0, 0.1) is 0 Å². The third-order valence-corrected chi connectivity index (χ3v) is 3.98. The van der Waals surface area contributed by atoms with Crippen molar-refractivity contribution in [3.63, 3.8) is 0 Å². The highest BCUT2D eigenvalue weighted by atomic mass is 16.5. The lowest BCUT2D eigenvalue weighted by Crippen LogP contribution is -2.05. The highest BCUT2D eigenvalue weighted by molar-refractivity contribution is 5.44. The standard InChI is InChI=1S/C23H25NO2/c1-4-17-26-21(6-3)15-12-18(5-2)23(22-9-7-8-16-24-22)19-10-13-20(25)14-11-19/h4-5,7-16,23,25H,1-2,6,17H2,3H3. The maximum absolute atomic E-state index is 9.61. The van der Waals surface area contributed by atoms with Crippen molar-refractivity contribution in [3.05, 3.63) is 109 Å². The summed E-state index contributed by atoms with van der Waals surface area (Å²) in [6.07, 6.45) is 10.1. The van der Waals surface area contributed by atoms with E-state index in [4.69, 9.17) is 4.74 Å². The number of aromatic nitrogens is 1. The molecule has 1 atom stereocenters. The van der Waals surface area contributed by atoms with Crippen molar-refractivity contribution >= 4 is 0 Å². The highest BCUT2D eigenvalue weighted by Crippen LogP contribution is 2.32. The number of rotatable bonds is 9. The maximum Gasteiger partial charge on any atom is 0.115 e. The second kappa shape index (κ2) is 10.0. The Hall–Kier alpha value is -3.07. The van der Waals surface area contributed by atoms with Crippen molar-refractivity contribution in [1.29, 1.82) is 0 Å². The number of aromatic hydroxyl groups is 1. The zero-order valence-electron chi connectivity index (χ0n) is 15.1. The second-order valence-electron chi connectivity index (χ2n) is 5.74. The van der Waals surface area contributed by atoms with E-state index in [-0.39, 0.29) is 11.7 Å². The third-order valence-electron chi connectivity index (χ3n) is 3.98. The van der Waals surface area contributed by atoms with E-state index in [9.17, 15) is 5.11 Å². The van der Waals surface area contributed by atoms with Crippen LogP contribution in [0.4, 0.5) is 0 Å². The Morgan fingerprint density at radius 2 is 1.92 bits per heavy atom. The number of benzene rings is 1. The number of nitrogens with zero attached hydrogens (tertiary/aromatic N) is 1. The Bertz CT molecular complexity index is 774. The number of allylic oxidation sites excluding steroid dienone is 5. The number of ether oxygens (including phenoxy) is 1. The molecule has 3 heteroatoms. The molecule has 1 unspecified atom stereocenters. The van der Waals surface area contributed by atoms with E-state index >= 15 is 0 Å². The SMILES string of the molecule is C=CCOC(=CC=C(C=C)C(c1ccc(O)cc1)c1ccccn1)CC. The largest absolute Gasteiger partial charge is 0.508 e. The summed E-state index contributed by atoms with van der Waals surface area (Å²) < 4.78 is 5.66. The summed E-state index contributed by atoms with van der Waals surface area (Å²) in [4.78, 5) is 4.53. The van der Waals surface area contributed by atoms with Gasteiger partial charge in [-0.1, -0.05) is 56.5 Å². The average molecular weight is 347 g/mol. The molecule has 1 N–H and O–H groups in total. The molecule has 3 nitrogen and oxygen atoms in total. The summed E-state index contributed by atoms with van der Waals surface area (Å²) in [5.41, 5.74) is 2.96. The average Bonchev–Trinajstić information content (AvgIpc) is 2.69. The first-order valence-electron chi connectivity index (χ1n) is 8.66. The van der Waals surface area contributed by atoms with Crippen LogP contribution in [0.2, 0.25) is 0 Å². The van der Waals surface area contributed by atoms with Gasteiger partial charge in [-0.2, -0.15) is 0 Å². The van der Waals surface area contributed by atoms with Gasteiger partial charge in [0.05, 0.1) is 17.4 Å². The van der Waals surface area contributed by atoms with Crippen LogP contribution >= 0.6 is 0 Å². The van der Waals surface area contributed by atoms with E-state index in [0.29, 0.717) is 6.61 Å². The van der Waals surface area contributed by atoms with Crippen LogP contribution in [0.1, 0.15) is 30.5 Å². The Morgan fingerprint density at radius 1 is 1.15 bits per heavy atom. The Kier molecular flexibility index (Phi) is 7.44. The lowest BCUT2D eigenvalue weighted by molar-refractivity contribution is 0.239. The Morgan fingerprint density at radius 3 is 2.50 bits per heavy atom. The van der Waals surface area contributed by atoms with Gasteiger partial charge in [0, 0.05) is 12.6 Å². The minimum absolute atomic E-state index is 0.0805. The van der Waals surface area contributed by atoms with Gasteiger partial charge in [0.15, 0.2) is 0 Å². The highest BCUT2D eigenvalue weighted by Gasteiger charge is 2.18. The molecule has 26 heavy (non-hydrogen) atoms. The van der Waals surface area contributed by atoms with Gasteiger partial charge < -0.3 is 9.84 Å². The molecule has 0 amide bonds. The van der Waals surface area contributed by atoms with Crippen LogP contribution in [-0.4, -0.2) is 16.7 Å². The minimum atomic E-state index is -0.0805. The molecular formula is C23H25NO2. The zero-order valence-corrected chi connectivity index (χ0v) is 15.1. The first-order chi connectivity index (χ1) is 12.7. The van der Waals surface area contributed by atoms with Crippen molar-refractivity contribution in [2.45, 2.75) is 19.3 Å². The van der Waals surface area contributed by atoms with E-state index in [1.54, 1.807) is 24.4 Å². The molecule has 0 aliphatic heterocycles. The van der Waals surface area contributed by atoms with E-state index in [1.165, 1.54) is 0 Å². The normalized spacial score (nSPS) is 13.1. The molecule has 0 spiro atoms. The molecule has 134 valence electrons.